The van der Waals surface area contributed by atoms with Crippen molar-refractivity contribution in [2.75, 3.05) is 25.4 Å². The zero-order chi connectivity index (χ0) is 30.8. The van der Waals surface area contributed by atoms with E-state index < -0.39 is 58.7 Å². The second-order valence-electron chi connectivity index (χ2n) is 10.6. The lowest BCUT2D eigenvalue weighted by molar-refractivity contribution is -0.277. The number of hydrogen-bond donors (Lipinski definition) is 2. The molecule has 3 aromatic rings. The topological polar surface area (TPSA) is 127 Å². The average molecular weight is 605 g/mol. The van der Waals surface area contributed by atoms with E-state index in [1.165, 1.54) is 14.5 Å². The van der Waals surface area contributed by atoms with Gasteiger partial charge in [-0.05, 0) is 36.5 Å². The average Bonchev–Trinajstić information content (AvgIpc) is 3.76. The fraction of sp³-hybridized carbons (Fsp3) is 0.357. The van der Waals surface area contributed by atoms with E-state index in [4.69, 9.17) is 5.73 Å². The third kappa shape index (κ3) is 4.91. The second-order valence-corrected chi connectivity index (χ2v) is 10.6. The Morgan fingerprint density at radius 1 is 1.14 bits per heavy atom. The number of anilines is 1. The van der Waals surface area contributed by atoms with Gasteiger partial charge in [0.1, 0.15) is 5.69 Å². The zero-order valence-electron chi connectivity index (χ0n) is 22.5. The van der Waals surface area contributed by atoms with Gasteiger partial charge in [-0.1, -0.05) is 12.6 Å². The van der Waals surface area contributed by atoms with Crippen molar-refractivity contribution < 1.29 is 41.4 Å². The van der Waals surface area contributed by atoms with E-state index >= 15 is 4.39 Å². The van der Waals surface area contributed by atoms with Gasteiger partial charge in [0.25, 0.3) is 11.8 Å². The van der Waals surface area contributed by atoms with E-state index in [1.54, 1.807) is 12.1 Å². The van der Waals surface area contributed by atoms with Crippen LogP contribution >= 0.6 is 0 Å². The molecule has 3 aliphatic rings. The maximum atomic E-state index is 15.1. The van der Waals surface area contributed by atoms with Gasteiger partial charge in [-0.2, -0.15) is 9.49 Å². The van der Waals surface area contributed by atoms with Gasteiger partial charge in [-0.15, -0.1) is 13.2 Å². The second kappa shape index (κ2) is 10.2. The first-order valence-electron chi connectivity index (χ1n) is 13.4. The van der Waals surface area contributed by atoms with Gasteiger partial charge < -0.3 is 25.4 Å². The Morgan fingerprint density at radius 3 is 2.56 bits per heavy atom. The van der Waals surface area contributed by atoms with Gasteiger partial charge in [-0.3, -0.25) is 9.59 Å². The Kier molecular flexibility index (Phi) is 6.77. The molecule has 0 saturated heterocycles. The molecule has 226 valence electrons. The van der Waals surface area contributed by atoms with Crippen molar-refractivity contribution in [3.63, 3.8) is 0 Å². The molecule has 6 rings (SSSR count). The molecule has 1 aromatic carbocycles. The molecule has 1 fully saturated rings. The molecule has 2 amide bonds. The standard InChI is InChI=1S/C28H25F5N6O4/c1-2-20(40)37-9-7-16-21-17(39(36-16)18-6-5-14(13-3-4-13)22(29)25(18)41)8-10-38(19(21)12-37)27(42)15-11-35-26(23(30)24(15)34)43-28(31,32)33/h2,5-6,11,13,19,41H,1,3-4,7-10,12H2,(H2,34,35). The van der Waals surface area contributed by atoms with E-state index in [2.05, 4.69) is 21.4 Å². The minimum Gasteiger partial charge on any atom is -0.503 e. The van der Waals surface area contributed by atoms with Crippen LogP contribution in [0.5, 0.6) is 11.6 Å². The summed E-state index contributed by atoms with van der Waals surface area (Å²) in [5, 5.41) is 15.5. The maximum Gasteiger partial charge on any atom is 0.574 e. The number of aromatic hydroxyl groups is 1. The number of amides is 2. The van der Waals surface area contributed by atoms with E-state index in [9.17, 15) is 32.3 Å². The van der Waals surface area contributed by atoms with Crippen LogP contribution in [0.3, 0.4) is 0 Å². The van der Waals surface area contributed by atoms with Crippen LogP contribution in [0.25, 0.3) is 5.69 Å². The molecular formula is C28H25F5N6O4. The summed E-state index contributed by atoms with van der Waals surface area (Å²) < 4.78 is 72.8. The van der Waals surface area contributed by atoms with Crippen LogP contribution in [0, 0.1) is 11.6 Å². The highest BCUT2D eigenvalue weighted by Gasteiger charge is 2.42. The Balaban J connectivity index is 1.41. The number of ether oxygens (including phenoxy) is 1. The summed E-state index contributed by atoms with van der Waals surface area (Å²) in [6, 6.07) is 2.37. The number of benzene rings is 1. The van der Waals surface area contributed by atoms with Gasteiger partial charge in [0, 0.05) is 44.2 Å². The van der Waals surface area contributed by atoms with Crippen molar-refractivity contribution in [2.24, 2.45) is 0 Å². The molecule has 1 atom stereocenters. The number of phenols is 1. The minimum atomic E-state index is -5.23. The van der Waals surface area contributed by atoms with Crippen LogP contribution in [0.4, 0.5) is 27.6 Å². The number of alkyl halides is 3. The first-order valence-corrected chi connectivity index (χ1v) is 13.4. The third-order valence-electron chi connectivity index (χ3n) is 7.99. The molecule has 0 radical (unpaired) electrons. The number of rotatable bonds is 5. The molecule has 1 saturated carbocycles. The minimum absolute atomic E-state index is 0.0109. The number of pyridine rings is 1. The number of halogens is 5. The molecule has 4 heterocycles. The largest absolute Gasteiger partial charge is 0.574 e. The fourth-order valence-electron chi connectivity index (χ4n) is 5.81. The van der Waals surface area contributed by atoms with Crippen LogP contribution < -0.4 is 10.5 Å². The summed E-state index contributed by atoms with van der Waals surface area (Å²) in [5.41, 5.74) is 6.56. The van der Waals surface area contributed by atoms with E-state index in [1.807, 2.05) is 0 Å². The predicted octanol–water partition coefficient (Wildman–Crippen LogP) is 3.92. The van der Waals surface area contributed by atoms with Gasteiger partial charge in [0.2, 0.25) is 11.7 Å². The van der Waals surface area contributed by atoms with Crippen molar-refractivity contribution in [3.8, 4) is 17.3 Å². The van der Waals surface area contributed by atoms with Crippen LogP contribution in [-0.4, -0.2) is 67.5 Å². The van der Waals surface area contributed by atoms with Crippen molar-refractivity contribution >= 4 is 17.5 Å². The molecule has 1 unspecified atom stereocenters. The number of nitrogens with zero attached hydrogens (tertiary/aromatic N) is 5. The monoisotopic (exact) mass is 604 g/mol. The van der Waals surface area contributed by atoms with Crippen molar-refractivity contribution in [3.05, 3.63) is 70.7 Å². The Labute approximate surface area is 241 Å². The summed E-state index contributed by atoms with van der Waals surface area (Å²) in [7, 11) is 0. The van der Waals surface area contributed by atoms with Crippen LogP contribution in [0.1, 0.15) is 57.7 Å². The lowest BCUT2D eigenvalue weighted by Gasteiger charge is -2.38. The smallest absolute Gasteiger partial charge is 0.503 e. The molecule has 0 bridgehead atoms. The highest BCUT2D eigenvalue weighted by atomic mass is 19.4. The first-order chi connectivity index (χ1) is 20.4. The summed E-state index contributed by atoms with van der Waals surface area (Å²) >= 11 is 0. The first kappa shape index (κ1) is 28.4. The van der Waals surface area contributed by atoms with Gasteiger partial charge in [0.15, 0.2) is 11.6 Å². The Morgan fingerprint density at radius 2 is 1.88 bits per heavy atom. The van der Waals surface area contributed by atoms with Crippen LogP contribution in [-0.2, 0) is 17.6 Å². The lowest BCUT2D eigenvalue weighted by Crippen LogP contribution is -2.46. The number of aromatic nitrogens is 3. The Hall–Kier alpha value is -4.69. The number of carbonyl (C=O) groups is 2. The highest BCUT2D eigenvalue weighted by Crippen LogP contribution is 2.45. The molecular weight excluding hydrogens is 579 g/mol. The third-order valence-corrected chi connectivity index (χ3v) is 7.99. The summed E-state index contributed by atoms with van der Waals surface area (Å²) in [5.74, 6) is -5.53. The highest BCUT2D eigenvalue weighted by molar-refractivity contribution is 5.99. The normalized spacial score (nSPS) is 18.2. The van der Waals surface area contributed by atoms with Crippen LogP contribution in [0.2, 0.25) is 0 Å². The number of nitrogens with two attached hydrogens (primary N) is 1. The maximum absolute atomic E-state index is 15.1. The van der Waals surface area contributed by atoms with Gasteiger partial charge >= 0.3 is 6.36 Å². The number of phenolic OH excluding ortho intramolecular Hbond substituents is 1. The van der Waals surface area contributed by atoms with E-state index in [-0.39, 0.29) is 44.1 Å². The van der Waals surface area contributed by atoms with Crippen molar-refractivity contribution in [1.82, 2.24) is 24.6 Å². The van der Waals surface area contributed by atoms with E-state index in [0.29, 0.717) is 28.7 Å². The lowest BCUT2D eigenvalue weighted by atomic mass is 9.94. The molecule has 43 heavy (non-hydrogen) atoms. The molecule has 2 aliphatic heterocycles. The molecule has 15 heteroatoms. The molecule has 10 nitrogen and oxygen atoms in total. The quantitative estimate of drug-likeness (QED) is 0.334. The summed E-state index contributed by atoms with van der Waals surface area (Å²) in [4.78, 5) is 32.5. The van der Waals surface area contributed by atoms with Crippen molar-refractivity contribution in [2.45, 2.75) is 44.0 Å². The number of carbonyl (C=O) groups excluding carboxylic acids is 2. The molecule has 2 aromatic heterocycles. The Bertz CT molecular complexity index is 1670. The molecule has 1 aliphatic carbocycles. The van der Waals surface area contributed by atoms with Crippen LogP contribution in [0.15, 0.2) is 31.0 Å². The summed E-state index contributed by atoms with van der Waals surface area (Å²) in [6.45, 7) is 3.70. The van der Waals surface area contributed by atoms with Gasteiger partial charge in [-0.25, -0.2) is 14.1 Å². The molecule has 3 N–H and O–H groups in total. The molecule has 0 spiro atoms. The zero-order valence-corrected chi connectivity index (χ0v) is 22.5. The fourth-order valence-corrected chi connectivity index (χ4v) is 5.81. The predicted molar refractivity (Wildman–Crippen MR) is 140 cm³/mol. The van der Waals surface area contributed by atoms with Crippen molar-refractivity contribution in [1.29, 1.82) is 0 Å². The SMILES string of the molecule is C=CC(=O)N1CCc2nn(-c3ccc(C4CC4)c(F)c3O)c3c2C(C1)N(C(=O)c1cnc(OC(F)(F)F)c(F)c1N)CC3. The number of nitrogen functional groups attached to an aromatic ring is 1. The summed E-state index contributed by atoms with van der Waals surface area (Å²) in [6.07, 6.45) is -1.31. The van der Waals surface area contributed by atoms with Gasteiger partial charge in [0.05, 0.1) is 28.7 Å². The van der Waals surface area contributed by atoms with E-state index in [0.717, 1.165) is 18.9 Å². The number of hydrogen-bond acceptors (Lipinski definition) is 7.